The number of nitrogens with one attached hydrogen (secondary N) is 1. The van der Waals surface area contributed by atoms with Crippen LogP contribution in [0.4, 0.5) is 0 Å². The van der Waals surface area contributed by atoms with Crippen molar-refractivity contribution < 1.29 is 4.79 Å². The molecule has 126 valence electrons. The quantitative estimate of drug-likeness (QED) is 0.779. The number of carbonyl (C=O) groups excluding carboxylic acids is 1. The Labute approximate surface area is 145 Å². The van der Waals surface area contributed by atoms with Gasteiger partial charge in [-0.2, -0.15) is 5.10 Å². The molecule has 3 aromatic rings. The van der Waals surface area contributed by atoms with Gasteiger partial charge in [-0.25, -0.2) is 14.6 Å². The number of nitrogens with zero attached hydrogens (tertiary/aromatic N) is 4. The van der Waals surface area contributed by atoms with Crippen LogP contribution in [0.3, 0.4) is 0 Å². The van der Waals surface area contributed by atoms with Gasteiger partial charge in [0.1, 0.15) is 12.7 Å². The van der Waals surface area contributed by atoms with Crippen LogP contribution in [0.1, 0.15) is 41.2 Å². The van der Waals surface area contributed by atoms with E-state index in [2.05, 4.69) is 32.5 Å². The maximum atomic E-state index is 12.7. The number of amides is 1. The van der Waals surface area contributed by atoms with Crippen LogP contribution in [0, 0.1) is 5.92 Å². The van der Waals surface area contributed by atoms with E-state index in [1.165, 1.54) is 12.7 Å². The van der Waals surface area contributed by atoms with Crippen molar-refractivity contribution in [3.05, 3.63) is 72.4 Å². The molecule has 6 heteroatoms. The van der Waals surface area contributed by atoms with Gasteiger partial charge < -0.3 is 5.32 Å². The smallest absolute Gasteiger partial charge is 0.253 e. The van der Waals surface area contributed by atoms with Crippen LogP contribution in [-0.4, -0.2) is 25.7 Å². The zero-order valence-electron chi connectivity index (χ0n) is 13.7. The van der Waals surface area contributed by atoms with E-state index in [4.69, 9.17) is 0 Å². The van der Waals surface area contributed by atoms with E-state index in [0.29, 0.717) is 17.3 Å². The molecule has 0 aliphatic heterocycles. The Morgan fingerprint density at radius 2 is 2.00 bits per heavy atom. The molecule has 6 nitrogen and oxygen atoms in total. The topological polar surface area (TPSA) is 72.7 Å². The summed E-state index contributed by atoms with van der Waals surface area (Å²) in [6.45, 7) is 0. The average molecular weight is 333 g/mol. The molecule has 4 rings (SSSR count). The van der Waals surface area contributed by atoms with E-state index in [-0.39, 0.29) is 11.9 Å². The molecule has 1 fully saturated rings. The van der Waals surface area contributed by atoms with Crippen molar-refractivity contribution in [1.29, 1.82) is 0 Å². The Morgan fingerprint density at radius 1 is 1.16 bits per heavy atom. The minimum absolute atomic E-state index is 0.0532. The highest BCUT2D eigenvalue weighted by molar-refractivity contribution is 5.94. The van der Waals surface area contributed by atoms with Gasteiger partial charge in [-0.15, -0.1) is 0 Å². The van der Waals surface area contributed by atoms with Crippen molar-refractivity contribution in [1.82, 2.24) is 25.1 Å². The molecule has 2 aromatic heterocycles. The van der Waals surface area contributed by atoms with E-state index in [0.717, 1.165) is 18.4 Å². The monoisotopic (exact) mass is 333 g/mol. The van der Waals surface area contributed by atoms with Crippen LogP contribution < -0.4 is 5.32 Å². The summed E-state index contributed by atoms with van der Waals surface area (Å²) in [5.74, 6) is 1.04. The van der Waals surface area contributed by atoms with Crippen LogP contribution in [0.5, 0.6) is 0 Å². The van der Waals surface area contributed by atoms with Gasteiger partial charge in [0.2, 0.25) is 0 Å². The highest BCUT2D eigenvalue weighted by Gasteiger charge is 2.29. The molecular weight excluding hydrogens is 314 g/mol. The molecule has 25 heavy (non-hydrogen) atoms. The fraction of sp³-hybridized carbons (Fsp3) is 0.263. The van der Waals surface area contributed by atoms with Crippen molar-refractivity contribution in [2.24, 2.45) is 5.92 Å². The van der Waals surface area contributed by atoms with E-state index >= 15 is 0 Å². The number of hydrogen-bond donors (Lipinski definition) is 1. The van der Waals surface area contributed by atoms with Gasteiger partial charge in [-0.05, 0) is 36.5 Å². The van der Waals surface area contributed by atoms with Crippen molar-refractivity contribution in [3.8, 4) is 5.82 Å². The van der Waals surface area contributed by atoms with Gasteiger partial charge in [0.05, 0.1) is 11.6 Å². The fourth-order valence-corrected chi connectivity index (χ4v) is 3.11. The summed E-state index contributed by atoms with van der Waals surface area (Å²) in [7, 11) is 0. The third-order valence-electron chi connectivity index (χ3n) is 4.73. The van der Waals surface area contributed by atoms with Crippen LogP contribution >= 0.6 is 0 Å². The predicted octanol–water partition coefficient (Wildman–Crippen LogP) is 2.93. The molecule has 1 aromatic carbocycles. The molecular formula is C19H19N5O. The van der Waals surface area contributed by atoms with E-state index in [1.807, 2.05) is 18.2 Å². The first-order valence-electron chi connectivity index (χ1n) is 8.48. The minimum Gasteiger partial charge on any atom is -0.345 e. The first-order valence-corrected chi connectivity index (χ1v) is 8.48. The lowest BCUT2D eigenvalue weighted by Crippen LogP contribution is -2.36. The van der Waals surface area contributed by atoms with Crippen molar-refractivity contribution in [3.63, 3.8) is 0 Å². The second kappa shape index (κ2) is 6.84. The summed E-state index contributed by atoms with van der Waals surface area (Å²) in [6, 6.07) is 13.8. The summed E-state index contributed by atoms with van der Waals surface area (Å²) >= 11 is 0. The molecule has 1 N–H and O–H groups in total. The third kappa shape index (κ3) is 3.28. The molecule has 1 aliphatic carbocycles. The van der Waals surface area contributed by atoms with Crippen LogP contribution in [-0.2, 0) is 0 Å². The maximum absolute atomic E-state index is 12.7. The van der Waals surface area contributed by atoms with Gasteiger partial charge in [-0.3, -0.25) is 4.79 Å². The second-order valence-electron chi connectivity index (χ2n) is 6.30. The molecule has 0 spiro atoms. The number of hydrogen-bond acceptors (Lipinski definition) is 4. The first kappa shape index (κ1) is 15.5. The molecule has 1 amide bonds. The number of carbonyl (C=O) groups is 1. The molecule has 2 heterocycles. The Kier molecular flexibility index (Phi) is 4.24. The largest absolute Gasteiger partial charge is 0.345 e. The van der Waals surface area contributed by atoms with Crippen molar-refractivity contribution in [2.45, 2.75) is 25.3 Å². The summed E-state index contributed by atoms with van der Waals surface area (Å²) in [4.78, 5) is 20.9. The van der Waals surface area contributed by atoms with Gasteiger partial charge in [0.25, 0.3) is 5.91 Å². The normalized spacial score (nSPS) is 15.4. The Balaban J connectivity index is 1.51. The third-order valence-corrected chi connectivity index (χ3v) is 4.73. The van der Waals surface area contributed by atoms with E-state index in [9.17, 15) is 4.79 Å². The highest BCUT2D eigenvalue weighted by atomic mass is 16.1. The minimum atomic E-state index is -0.0987. The maximum Gasteiger partial charge on any atom is 0.253 e. The van der Waals surface area contributed by atoms with Gasteiger partial charge in [0.15, 0.2) is 5.82 Å². The second-order valence-corrected chi connectivity index (χ2v) is 6.30. The van der Waals surface area contributed by atoms with Crippen LogP contribution in [0.2, 0.25) is 0 Å². The number of benzene rings is 1. The molecule has 1 saturated carbocycles. The predicted molar refractivity (Wildman–Crippen MR) is 93.1 cm³/mol. The van der Waals surface area contributed by atoms with Gasteiger partial charge in [0, 0.05) is 6.20 Å². The van der Waals surface area contributed by atoms with Crippen LogP contribution in [0.15, 0.2) is 61.3 Å². The van der Waals surface area contributed by atoms with Crippen molar-refractivity contribution >= 4 is 5.91 Å². The molecule has 1 atom stereocenters. The van der Waals surface area contributed by atoms with Gasteiger partial charge in [-0.1, -0.05) is 36.8 Å². The first-order chi connectivity index (χ1) is 12.3. The number of pyridine rings is 1. The lowest BCUT2D eigenvalue weighted by atomic mass is 9.77. The van der Waals surface area contributed by atoms with E-state index < -0.39 is 0 Å². The zero-order chi connectivity index (χ0) is 17.1. The molecule has 0 bridgehead atoms. The van der Waals surface area contributed by atoms with Crippen molar-refractivity contribution in [2.75, 3.05) is 0 Å². The molecule has 1 aliphatic rings. The number of aromatic nitrogens is 4. The summed E-state index contributed by atoms with van der Waals surface area (Å²) in [5, 5.41) is 7.23. The lowest BCUT2D eigenvalue weighted by molar-refractivity contribution is 0.0900. The van der Waals surface area contributed by atoms with Gasteiger partial charge >= 0.3 is 0 Å². The Morgan fingerprint density at radius 3 is 2.60 bits per heavy atom. The summed E-state index contributed by atoms with van der Waals surface area (Å²) in [6.07, 6.45) is 8.15. The van der Waals surface area contributed by atoms with Crippen LogP contribution in [0.25, 0.3) is 5.82 Å². The molecule has 0 unspecified atom stereocenters. The summed E-state index contributed by atoms with van der Waals surface area (Å²) in [5.41, 5.74) is 1.71. The Hall–Kier alpha value is -3.02. The fourth-order valence-electron chi connectivity index (χ4n) is 3.11. The number of rotatable bonds is 5. The SMILES string of the molecule is O=C(N[C@@H](c1ccccc1)C1CCC1)c1ccc(-n2cncn2)nc1. The Bertz CT molecular complexity index is 826. The standard InChI is InChI=1S/C19H19N5O/c25-19(16-9-10-17(21-11-16)24-13-20-12-22-24)23-18(15-7-4-8-15)14-5-2-1-3-6-14/h1-3,5-6,9-13,15,18H,4,7-8H2,(H,23,25)/t18-/m0/s1. The zero-order valence-corrected chi connectivity index (χ0v) is 13.7. The molecule has 0 saturated heterocycles. The van der Waals surface area contributed by atoms with E-state index in [1.54, 1.807) is 29.3 Å². The lowest BCUT2D eigenvalue weighted by Gasteiger charge is -2.34. The average Bonchev–Trinajstić information content (AvgIpc) is 3.15. The summed E-state index contributed by atoms with van der Waals surface area (Å²) < 4.78 is 1.56. The highest BCUT2D eigenvalue weighted by Crippen LogP contribution is 2.37. The molecule has 0 radical (unpaired) electrons.